The van der Waals surface area contributed by atoms with E-state index in [1.54, 1.807) is 0 Å². The van der Waals surface area contributed by atoms with Gasteiger partial charge in [-0.2, -0.15) is 0 Å². The fourth-order valence-electron chi connectivity index (χ4n) is 7.59. The smallest absolute Gasteiger partial charge is 0.462 e. The molecule has 3 atom stereocenters. The largest absolute Gasteiger partial charge is 0.472 e. The molecule has 11 nitrogen and oxygen atoms in total. The monoisotopic (exact) mass is 1060 g/mol. The Morgan fingerprint density at radius 1 is 0.392 bits per heavy atom. The molecule has 0 aromatic heterocycles. The summed E-state index contributed by atoms with van der Waals surface area (Å²) in [5.41, 5.74) is 0. The van der Waals surface area contributed by atoms with Crippen LogP contribution in [0.4, 0.5) is 0 Å². The highest BCUT2D eigenvalue weighted by atomic mass is 31.2. The van der Waals surface area contributed by atoms with Crippen molar-refractivity contribution < 1.29 is 52.2 Å². The van der Waals surface area contributed by atoms with Gasteiger partial charge in [0.15, 0.2) is 6.10 Å². The molecule has 0 radical (unpaired) electrons. The van der Waals surface area contributed by atoms with Crippen LogP contribution in [0.3, 0.4) is 0 Å². The summed E-state index contributed by atoms with van der Waals surface area (Å²) in [6.07, 6.45) is 65.0. The Bertz CT molecular complexity index is 1610. The fraction of sp³-hybridized carbons (Fsp3) is 0.694. The second kappa shape index (κ2) is 55.6. The zero-order valence-electron chi connectivity index (χ0n) is 46.8. The second-order valence-corrected chi connectivity index (χ2v) is 20.5. The summed E-state index contributed by atoms with van der Waals surface area (Å²) >= 11 is 0. The van der Waals surface area contributed by atoms with Crippen molar-refractivity contribution in [2.24, 2.45) is 0 Å². The molecule has 3 unspecified atom stereocenters. The van der Waals surface area contributed by atoms with Gasteiger partial charge in [0.25, 0.3) is 0 Å². The lowest BCUT2D eigenvalue weighted by Crippen LogP contribution is -2.30. The molecule has 0 heterocycles. The minimum Gasteiger partial charge on any atom is -0.462 e. The Morgan fingerprint density at radius 2 is 0.703 bits per heavy atom. The Hall–Kier alpha value is -3.60. The molecule has 74 heavy (non-hydrogen) atoms. The molecule has 0 aliphatic heterocycles. The number of ether oxygens (including phenoxy) is 3. The lowest BCUT2D eigenvalue weighted by molar-refractivity contribution is -0.161. The minimum absolute atomic E-state index is 0.131. The van der Waals surface area contributed by atoms with Crippen LogP contribution in [0.25, 0.3) is 0 Å². The standard InChI is InChI=1S/C62H105O11P/c1-4-7-10-13-16-19-22-25-28-29-32-35-38-41-44-47-50-53-62(66)73-59(55-69-60(64)51-48-45-42-39-36-33-30-26-23-20-17-14-11-8-5-2)57-71-74(67,68)70-56-58(54-63)72-61(65)52-49-46-43-40-37-34-31-27-24-21-18-15-12-9-6-3/h7-8,10-11,16-17,19-20,25-28,30-32,35,58-59,63H,4-6,9,12-15,18,21-24,29,33-34,36-57H2,1-3H3,(H,67,68)/b10-7-,11-8-,19-16-,20-17-,28-25-,30-26-,31-27-,35-32-. The summed E-state index contributed by atoms with van der Waals surface area (Å²) in [5.74, 6) is -1.53. The number of aliphatic hydroxyl groups is 1. The molecule has 12 heteroatoms. The fourth-order valence-corrected chi connectivity index (χ4v) is 8.37. The first-order chi connectivity index (χ1) is 36.2. The van der Waals surface area contributed by atoms with Crippen molar-refractivity contribution in [1.29, 1.82) is 0 Å². The molecule has 0 amide bonds. The highest BCUT2D eigenvalue weighted by Crippen LogP contribution is 2.43. The van der Waals surface area contributed by atoms with Crippen LogP contribution < -0.4 is 0 Å². The van der Waals surface area contributed by atoms with E-state index in [-0.39, 0.29) is 25.9 Å². The van der Waals surface area contributed by atoms with Crippen molar-refractivity contribution in [3.63, 3.8) is 0 Å². The number of carbonyl (C=O) groups is 3. The molecule has 0 aromatic carbocycles. The first kappa shape index (κ1) is 70.4. The van der Waals surface area contributed by atoms with E-state index >= 15 is 0 Å². The van der Waals surface area contributed by atoms with E-state index in [9.17, 15) is 28.9 Å². The van der Waals surface area contributed by atoms with Crippen LogP contribution in [0, 0.1) is 0 Å². The lowest BCUT2D eigenvalue weighted by Gasteiger charge is -2.21. The highest BCUT2D eigenvalue weighted by molar-refractivity contribution is 7.47. The van der Waals surface area contributed by atoms with Crippen molar-refractivity contribution in [2.45, 2.75) is 251 Å². The van der Waals surface area contributed by atoms with Crippen molar-refractivity contribution >= 4 is 25.7 Å². The van der Waals surface area contributed by atoms with Crippen molar-refractivity contribution in [3.05, 3.63) is 97.2 Å². The van der Waals surface area contributed by atoms with Gasteiger partial charge >= 0.3 is 25.7 Å². The summed E-state index contributed by atoms with van der Waals surface area (Å²) in [6.45, 7) is 4.36. The number of aliphatic hydroxyl groups excluding tert-OH is 1. The maximum atomic E-state index is 12.9. The topological polar surface area (TPSA) is 155 Å². The minimum atomic E-state index is -4.77. The number of phosphoric acid groups is 1. The number of esters is 3. The third-order valence-electron chi connectivity index (χ3n) is 12.0. The molecular formula is C62H105O11P. The molecule has 0 aromatic rings. The van der Waals surface area contributed by atoms with Gasteiger partial charge < -0.3 is 24.2 Å². The third kappa shape index (κ3) is 53.2. The zero-order valence-corrected chi connectivity index (χ0v) is 47.7. The molecule has 424 valence electrons. The van der Waals surface area contributed by atoms with E-state index in [0.29, 0.717) is 19.3 Å². The van der Waals surface area contributed by atoms with Gasteiger partial charge in [-0.3, -0.25) is 23.4 Å². The van der Waals surface area contributed by atoms with Gasteiger partial charge in [-0.05, 0) is 116 Å². The van der Waals surface area contributed by atoms with Gasteiger partial charge in [-0.25, -0.2) is 4.57 Å². The van der Waals surface area contributed by atoms with E-state index in [4.69, 9.17) is 23.3 Å². The molecule has 0 fully saturated rings. The molecule has 0 aliphatic rings. The Labute approximate surface area is 451 Å². The number of rotatable bonds is 53. The van der Waals surface area contributed by atoms with Gasteiger partial charge in [0.2, 0.25) is 0 Å². The van der Waals surface area contributed by atoms with Gasteiger partial charge in [0.05, 0.1) is 19.8 Å². The maximum Gasteiger partial charge on any atom is 0.472 e. The predicted molar refractivity (Wildman–Crippen MR) is 307 cm³/mol. The third-order valence-corrected chi connectivity index (χ3v) is 12.9. The van der Waals surface area contributed by atoms with Crippen LogP contribution in [-0.2, 0) is 42.2 Å². The summed E-state index contributed by atoms with van der Waals surface area (Å²) in [4.78, 5) is 48.6. The summed E-state index contributed by atoms with van der Waals surface area (Å²) in [7, 11) is -4.77. The zero-order chi connectivity index (χ0) is 54.1. The molecule has 0 rings (SSSR count). The van der Waals surface area contributed by atoms with E-state index < -0.39 is 57.8 Å². The van der Waals surface area contributed by atoms with Crippen LogP contribution in [0.2, 0.25) is 0 Å². The lowest BCUT2D eigenvalue weighted by atomic mass is 10.1. The van der Waals surface area contributed by atoms with Gasteiger partial charge in [0.1, 0.15) is 12.7 Å². The van der Waals surface area contributed by atoms with Crippen molar-refractivity contribution in [2.75, 3.05) is 26.4 Å². The van der Waals surface area contributed by atoms with Crippen LogP contribution in [0.15, 0.2) is 97.2 Å². The average molecular weight is 1060 g/mol. The Morgan fingerprint density at radius 3 is 1.09 bits per heavy atom. The Balaban J connectivity index is 4.80. The average Bonchev–Trinajstić information content (AvgIpc) is 3.39. The summed E-state index contributed by atoms with van der Waals surface area (Å²) in [6, 6.07) is 0. The van der Waals surface area contributed by atoms with Crippen LogP contribution in [0.1, 0.15) is 239 Å². The number of hydrogen-bond acceptors (Lipinski definition) is 10. The molecule has 0 saturated carbocycles. The van der Waals surface area contributed by atoms with Crippen molar-refractivity contribution in [1.82, 2.24) is 0 Å². The molecule has 0 spiro atoms. The highest BCUT2D eigenvalue weighted by Gasteiger charge is 2.28. The Kier molecular flexibility index (Phi) is 52.9. The van der Waals surface area contributed by atoms with E-state index in [2.05, 4.69) is 118 Å². The van der Waals surface area contributed by atoms with Crippen LogP contribution >= 0.6 is 7.82 Å². The van der Waals surface area contributed by atoms with Crippen LogP contribution in [0.5, 0.6) is 0 Å². The van der Waals surface area contributed by atoms with E-state index in [1.165, 1.54) is 38.5 Å². The van der Waals surface area contributed by atoms with Gasteiger partial charge in [-0.1, -0.05) is 201 Å². The first-order valence-electron chi connectivity index (χ1n) is 29.1. The normalized spacial score (nSPS) is 14.1. The molecular weight excluding hydrogens is 952 g/mol. The summed E-state index contributed by atoms with van der Waals surface area (Å²) in [5, 5.41) is 9.82. The molecule has 0 bridgehead atoms. The SMILES string of the molecule is CC/C=C\C/C=C\C/C=C\C/C=C\CCCCCCC(=O)OC(COC(=O)CCCCCCC/C=C\C/C=C\C/C=C\CC)COP(=O)(O)OCC(CO)OC(=O)CCCCCCC/C=C\CCCCCCCC. The summed E-state index contributed by atoms with van der Waals surface area (Å²) < 4.78 is 39.5. The maximum absolute atomic E-state index is 12.9. The molecule has 0 aliphatic carbocycles. The second-order valence-electron chi connectivity index (χ2n) is 19.0. The number of unbranched alkanes of at least 4 members (excludes halogenated alkanes) is 20. The van der Waals surface area contributed by atoms with Gasteiger partial charge in [0, 0.05) is 19.3 Å². The van der Waals surface area contributed by atoms with Crippen LogP contribution in [-0.4, -0.2) is 66.5 Å². The van der Waals surface area contributed by atoms with E-state index in [0.717, 1.165) is 141 Å². The molecule has 2 N–H and O–H groups in total. The molecule has 0 saturated heterocycles. The number of carbonyl (C=O) groups excluding carboxylic acids is 3. The van der Waals surface area contributed by atoms with Crippen molar-refractivity contribution in [3.8, 4) is 0 Å². The number of allylic oxidation sites excluding steroid dienone is 16. The quantitative estimate of drug-likeness (QED) is 0.0197. The number of phosphoric ester groups is 1. The first-order valence-corrected chi connectivity index (χ1v) is 30.6. The van der Waals surface area contributed by atoms with E-state index in [1.807, 2.05) is 0 Å². The predicted octanol–water partition coefficient (Wildman–Crippen LogP) is 17.3. The number of hydrogen-bond donors (Lipinski definition) is 2. The van der Waals surface area contributed by atoms with Gasteiger partial charge in [-0.15, -0.1) is 0 Å².